The fourth-order valence-corrected chi connectivity index (χ4v) is 1.73. The van der Waals surface area contributed by atoms with Crippen LogP contribution in [-0.2, 0) is 4.79 Å². The third-order valence-corrected chi connectivity index (χ3v) is 2.86. The Hall–Kier alpha value is -2.26. The number of nitrogens with one attached hydrogen (secondary N) is 1. The molecule has 1 unspecified atom stereocenters. The first-order valence-electron chi connectivity index (χ1n) is 5.88. The van der Waals surface area contributed by atoms with Crippen molar-refractivity contribution < 1.29 is 14.7 Å². The minimum atomic E-state index is -1.14. The summed E-state index contributed by atoms with van der Waals surface area (Å²) in [6.07, 6.45) is 0.0561. The molecule has 0 saturated heterocycles. The summed E-state index contributed by atoms with van der Waals surface area (Å²) in [4.78, 5) is 24.2. The van der Waals surface area contributed by atoms with Crippen molar-refractivity contribution in [3.63, 3.8) is 0 Å². The highest BCUT2D eigenvalue weighted by molar-refractivity contribution is 6.30. The van der Waals surface area contributed by atoms with Crippen molar-refractivity contribution in [2.75, 3.05) is 11.9 Å². The lowest BCUT2D eigenvalue weighted by molar-refractivity contribution is -0.141. The average molecular weight is 296 g/mol. The number of nitrogens with zero attached hydrogens (tertiary/aromatic N) is 2. The van der Waals surface area contributed by atoms with E-state index in [0.717, 1.165) is 4.90 Å². The van der Waals surface area contributed by atoms with Gasteiger partial charge in [-0.15, -0.1) is 0 Å². The Labute approximate surface area is 121 Å². The van der Waals surface area contributed by atoms with Gasteiger partial charge in [0.25, 0.3) is 0 Å². The molecule has 0 radical (unpaired) electrons. The molecule has 7 heteroatoms. The molecule has 20 heavy (non-hydrogen) atoms. The first-order valence-corrected chi connectivity index (χ1v) is 6.26. The molecule has 1 aromatic rings. The third-order valence-electron chi connectivity index (χ3n) is 2.63. The van der Waals surface area contributed by atoms with Gasteiger partial charge >= 0.3 is 12.0 Å². The van der Waals surface area contributed by atoms with Crippen molar-refractivity contribution in [2.24, 2.45) is 0 Å². The Balaban J connectivity index is 2.82. The van der Waals surface area contributed by atoms with Gasteiger partial charge in [0.2, 0.25) is 0 Å². The van der Waals surface area contributed by atoms with E-state index in [2.05, 4.69) is 5.32 Å². The SMILES string of the molecule is CC(C(=O)O)N(CCC#N)C(=O)Nc1cccc(Cl)c1. The molecule has 0 aliphatic carbocycles. The second kappa shape index (κ2) is 7.36. The first kappa shape index (κ1) is 15.8. The number of carbonyl (C=O) groups excluding carboxylic acids is 1. The normalized spacial score (nSPS) is 11.2. The van der Waals surface area contributed by atoms with Gasteiger partial charge in [0.1, 0.15) is 6.04 Å². The Bertz CT molecular complexity index is 542. The summed E-state index contributed by atoms with van der Waals surface area (Å²) in [5.74, 6) is -1.14. The molecule has 2 N–H and O–H groups in total. The Kier molecular flexibility index (Phi) is 5.81. The van der Waals surface area contributed by atoms with E-state index in [-0.39, 0.29) is 13.0 Å². The number of benzene rings is 1. The molecule has 0 spiro atoms. The number of anilines is 1. The number of carboxylic acid groups (broad SMARTS) is 1. The molecule has 0 heterocycles. The first-order chi connectivity index (χ1) is 9.45. The van der Waals surface area contributed by atoms with Crippen molar-refractivity contribution >= 4 is 29.3 Å². The zero-order chi connectivity index (χ0) is 15.1. The zero-order valence-corrected chi connectivity index (χ0v) is 11.6. The molecule has 0 fully saturated rings. The lowest BCUT2D eigenvalue weighted by Gasteiger charge is -2.25. The van der Waals surface area contributed by atoms with E-state index in [0.29, 0.717) is 10.7 Å². The smallest absolute Gasteiger partial charge is 0.326 e. The third kappa shape index (κ3) is 4.44. The van der Waals surface area contributed by atoms with E-state index in [1.807, 2.05) is 6.07 Å². The number of amides is 2. The molecule has 0 saturated carbocycles. The standard InChI is InChI=1S/C13H14ClN3O3/c1-9(12(18)19)17(7-3-6-15)13(20)16-11-5-2-4-10(14)8-11/h2,4-5,8-9H,3,7H2,1H3,(H,16,20)(H,18,19). The zero-order valence-electron chi connectivity index (χ0n) is 10.8. The summed E-state index contributed by atoms with van der Waals surface area (Å²) < 4.78 is 0. The van der Waals surface area contributed by atoms with Crippen molar-refractivity contribution in [1.29, 1.82) is 5.26 Å². The highest BCUT2D eigenvalue weighted by Gasteiger charge is 2.25. The lowest BCUT2D eigenvalue weighted by Crippen LogP contribution is -2.45. The Morgan fingerprint density at radius 2 is 2.25 bits per heavy atom. The van der Waals surface area contributed by atoms with Crippen LogP contribution in [0.2, 0.25) is 5.02 Å². The highest BCUT2D eigenvalue weighted by atomic mass is 35.5. The Morgan fingerprint density at radius 1 is 1.55 bits per heavy atom. The van der Waals surface area contributed by atoms with E-state index >= 15 is 0 Å². The summed E-state index contributed by atoms with van der Waals surface area (Å²) in [7, 11) is 0. The van der Waals surface area contributed by atoms with Gasteiger partial charge in [0.15, 0.2) is 0 Å². The van der Waals surface area contributed by atoms with Gasteiger partial charge in [-0.1, -0.05) is 17.7 Å². The number of hydrogen-bond donors (Lipinski definition) is 2. The molecule has 6 nitrogen and oxygen atoms in total. The highest BCUT2D eigenvalue weighted by Crippen LogP contribution is 2.16. The molecule has 0 bridgehead atoms. The Morgan fingerprint density at radius 3 is 2.80 bits per heavy atom. The predicted molar refractivity (Wildman–Crippen MR) is 74.5 cm³/mol. The van der Waals surface area contributed by atoms with Crippen molar-refractivity contribution in [2.45, 2.75) is 19.4 Å². The topological polar surface area (TPSA) is 93.4 Å². The van der Waals surface area contributed by atoms with E-state index < -0.39 is 18.0 Å². The van der Waals surface area contributed by atoms with Crippen molar-refractivity contribution in [3.8, 4) is 6.07 Å². The van der Waals surface area contributed by atoms with Crippen LogP contribution in [-0.4, -0.2) is 34.6 Å². The average Bonchev–Trinajstić information content (AvgIpc) is 2.38. The maximum absolute atomic E-state index is 12.1. The molecule has 2 amide bonds. The van der Waals surface area contributed by atoms with Crippen LogP contribution in [0.5, 0.6) is 0 Å². The van der Waals surface area contributed by atoms with Crippen LogP contribution in [0.15, 0.2) is 24.3 Å². The lowest BCUT2D eigenvalue weighted by atomic mass is 10.2. The van der Waals surface area contributed by atoms with Crippen LogP contribution in [0.3, 0.4) is 0 Å². The molecule has 1 rings (SSSR count). The molecular formula is C13H14ClN3O3. The van der Waals surface area contributed by atoms with E-state index in [1.54, 1.807) is 24.3 Å². The summed E-state index contributed by atoms with van der Waals surface area (Å²) in [6, 6.07) is 6.78. The molecule has 106 valence electrons. The van der Waals surface area contributed by atoms with Gasteiger partial charge in [0, 0.05) is 17.3 Å². The van der Waals surface area contributed by atoms with Gasteiger partial charge in [0.05, 0.1) is 12.5 Å². The number of nitriles is 1. The summed E-state index contributed by atoms with van der Waals surface area (Å²) in [5, 5.41) is 20.6. The van der Waals surface area contributed by atoms with Crippen LogP contribution in [0.25, 0.3) is 0 Å². The van der Waals surface area contributed by atoms with Gasteiger partial charge in [-0.25, -0.2) is 9.59 Å². The minimum Gasteiger partial charge on any atom is -0.480 e. The number of carboxylic acids is 1. The molecule has 1 atom stereocenters. The largest absolute Gasteiger partial charge is 0.480 e. The second-order valence-corrected chi connectivity index (χ2v) is 4.49. The predicted octanol–water partition coefficient (Wildman–Crippen LogP) is 2.56. The van der Waals surface area contributed by atoms with Crippen LogP contribution in [0, 0.1) is 11.3 Å². The van der Waals surface area contributed by atoms with Gasteiger partial charge in [-0.05, 0) is 25.1 Å². The number of rotatable bonds is 5. The van der Waals surface area contributed by atoms with E-state index in [9.17, 15) is 9.59 Å². The van der Waals surface area contributed by atoms with Gasteiger partial charge in [-0.3, -0.25) is 0 Å². The quantitative estimate of drug-likeness (QED) is 0.873. The number of urea groups is 1. The molecule has 1 aromatic carbocycles. The number of aliphatic carboxylic acids is 1. The van der Waals surface area contributed by atoms with E-state index in [1.165, 1.54) is 6.92 Å². The van der Waals surface area contributed by atoms with Gasteiger partial charge in [-0.2, -0.15) is 5.26 Å². The van der Waals surface area contributed by atoms with E-state index in [4.69, 9.17) is 22.0 Å². The van der Waals surface area contributed by atoms with Crippen molar-refractivity contribution in [1.82, 2.24) is 4.90 Å². The molecule has 0 aliphatic rings. The molecule has 0 aliphatic heterocycles. The van der Waals surface area contributed by atoms with Crippen LogP contribution >= 0.6 is 11.6 Å². The minimum absolute atomic E-state index is 0.0381. The summed E-state index contributed by atoms with van der Waals surface area (Å²) >= 11 is 5.80. The number of hydrogen-bond acceptors (Lipinski definition) is 3. The molecule has 0 aromatic heterocycles. The number of carbonyl (C=O) groups is 2. The summed E-state index contributed by atoms with van der Waals surface area (Å²) in [6.45, 7) is 1.42. The molecular weight excluding hydrogens is 282 g/mol. The maximum atomic E-state index is 12.1. The summed E-state index contributed by atoms with van der Waals surface area (Å²) in [5.41, 5.74) is 0.460. The van der Waals surface area contributed by atoms with Crippen LogP contribution < -0.4 is 5.32 Å². The fourth-order valence-electron chi connectivity index (χ4n) is 1.54. The monoisotopic (exact) mass is 295 g/mol. The van der Waals surface area contributed by atoms with Crippen LogP contribution in [0.1, 0.15) is 13.3 Å². The van der Waals surface area contributed by atoms with Crippen LogP contribution in [0.4, 0.5) is 10.5 Å². The van der Waals surface area contributed by atoms with Crippen molar-refractivity contribution in [3.05, 3.63) is 29.3 Å². The second-order valence-electron chi connectivity index (χ2n) is 4.06. The maximum Gasteiger partial charge on any atom is 0.326 e. The number of halogens is 1. The van der Waals surface area contributed by atoms with Gasteiger partial charge < -0.3 is 15.3 Å². The fraction of sp³-hybridized carbons (Fsp3) is 0.308.